The molecule has 2 heterocycles. The predicted octanol–water partition coefficient (Wildman–Crippen LogP) is 5.00. The summed E-state index contributed by atoms with van der Waals surface area (Å²) in [6, 6.07) is 0. The van der Waals surface area contributed by atoms with E-state index in [-0.39, 0.29) is 24.0 Å². The third-order valence-electron chi connectivity index (χ3n) is 7.80. The van der Waals surface area contributed by atoms with Crippen LogP contribution in [0.25, 0.3) is 0 Å². The molecular weight excluding hydrogens is 352 g/mol. The predicted molar refractivity (Wildman–Crippen MR) is 105 cm³/mol. The molecule has 2 fully saturated rings. The first-order chi connectivity index (χ1) is 13.6. The second-order valence-corrected chi connectivity index (χ2v) is 9.16. The Morgan fingerprint density at radius 1 is 1.18 bits per heavy atom. The Morgan fingerprint density at radius 3 is 2.82 bits per heavy atom. The molecular formula is C24H30O4. The van der Waals surface area contributed by atoms with E-state index in [1.807, 2.05) is 0 Å². The highest BCUT2D eigenvalue weighted by molar-refractivity contribution is 5.99. The first-order valence-electron chi connectivity index (χ1n) is 11.2. The van der Waals surface area contributed by atoms with Gasteiger partial charge in [-0.15, -0.1) is 0 Å². The van der Waals surface area contributed by atoms with Crippen molar-refractivity contribution >= 4 is 11.9 Å². The van der Waals surface area contributed by atoms with Crippen LogP contribution in [0.15, 0.2) is 34.6 Å². The average molecular weight is 383 g/mol. The lowest BCUT2D eigenvalue weighted by Crippen LogP contribution is -2.50. The molecule has 2 aliphatic heterocycles. The van der Waals surface area contributed by atoms with Crippen LogP contribution >= 0.6 is 0 Å². The molecule has 4 aliphatic carbocycles. The number of fused-ring (bicyclic) bond motifs is 1. The number of ether oxygens (including phenoxy) is 2. The van der Waals surface area contributed by atoms with E-state index in [1.165, 1.54) is 5.57 Å². The summed E-state index contributed by atoms with van der Waals surface area (Å²) in [4.78, 5) is 25.8. The van der Waals surface area contributed by atoms with Crippen LogP contribution in [-0.4, -0.2) is 18.0 Å². The van der Waals surface area contributed by atoms with Gasteiger partial charge in [-0.25, -0.2) is 9.59 Å². The quantitative estimate of drug-likeness (QED) is 0.628. The molecule has 4 heteroatoms. The number of esters is 2. The summed E-state index contributed by atoms with van der Waals surface area (Å²) in [5, 5.41) is 0. The zero-order valence-electron chi connectivity index (χ0n) is 17.0. The third kappa shape index (κ3) is 2.29. The van der Waals surface area contributed by atoms with Crippen molar-refractivity contribution < 1.29 is 19.1 Å². The molecule has 6 rings (SSSR count). The van der Waals surface area contributed by atoms with Gasteiger partial charge in [-0.05, 0) is 68.4 Å². The monoisotopic (exact) mass is 382 g/mol. The van der Waals surface area contributed by atoms with Gasteiger partial charge in [-0.1, -0.05) is 32.8 Å². The van der Waals surface area contributed by atoms with Gasteiger partial charge in [-0.3, -0.25) is 0 Å². The lowest BCUT2D eigenvalue weighted by molar-refractivity contribution is -0.141. The molecule has 4 nitrogen and oxygen atoms in total. The maximum atomic E-state index is 13.1. The Morgan fingerprint density at radius 2 is 2.04 bits per heavy atom. The minimum absolute atomic E-state index is 0.0474. The number of carbonyl (C=O) groups excluding carboxylic acids is 2. The number of allylic oxidation sites excluding steroid dienone is 3. The zero-order chi connectivity index (χ0) is 19.5. The van der Waals surface area contributed by atoms with Crippen LogP contribution in [0, 0.1) is 23.2 Å². The van der Waals surface area contributed by atoms with Gasteiger partial charge in [0.1, 0.15) is 11.9 Å². The van der Waals surface area contributed by atoms with Gasteiger partial charge in [0.2, 0.25) is 0 Å². The number of carbonyl (C=O) groups is 2. The summed E-state index contributed by atoms with van der Waals surface area (Å²) in [6.45, 7) is 4.31. The van der Waals surface area contributed by atoms with Crippen LogP contribution in [0.1, 0.15) is 71.6 Å². The van der Waals surface area contributed by atoms with Crippen LogP contribution in [0.2, 0.25) is 0 Å². The smallest absolute Gasteiger partial charge is 0.339 e. The molecule has 28 heavy (non-hydrogen) atoms. The molecule has 0 radical (unpaired) electrons. The molecule has 0 aromatic rings. The van der Waals surface area contributed by atoms with Crippen molar-refractivity contribution in [2.75, 3.05) is 0 Å². The van der Waals surface area contributed by atoms with E-state index in [1.54, 1.807) is 0 Å². The molecule has 0 aromatic carbocycles. The third-order valence-corrected chi connectivity index (χ3v) is 7.80. The Hall–Kier alpha value is -1.84. The van der Waals surface area contributed by atoms with E-state index in [0.29, 0.717) is 11.8 Å². The molecule has 1 spiro atoms. The first-order valence-corrected chi connectivity index (χ1v) is 11.2. The highest BCUT2D eigenvalue weighted by Crippen LogP contribution is 2.68. The molecule has 150 valence electrons. The normalized spacial score (nSPS) is 39.5. The van der Waals surface area contributed by atoms with Gasteiger partial charge < -0.3 is 9.47 Å². The minimum Gasteiger partial charge on any atom is -0.454 e. The van der Waals surface area contributed by atoms with Crippen molar-refractivity contribution in [1.29, 1.82) is 0 Å². The van der Waals surface area contributed by atoms with Gasteiger partial charge in [0, 0.05) is 17.1 Å². The van der Waals surface area contributed by atoms with E-state index >= 15 is 0 Å². The van der Waals surface area contributed by atoms with E-state index in [2.05, 4.69) is 26.0 Å². The molecule has 0 aromatic heterocycles. The van der Waals surface area contributed by atoms with Crippen molar-refractivity contribution in [3.8, 4) is 0 Å². The highest BCUT2D eigenvalue weighted by Gasteiger charge is 2.66. The van der Waals surface area contributed by atoms with Crippen molar-refractivity contribution in [2.24, 2.45) is 23.2 Å². The fourth-order valence-electron chi connectivity index (χ4n) is 6.63. The minimum atomic E-state index is -0.425. The van der Waals surface area contributed by atoms with E-state index in [9.17, 15) is 9.59 Å². The molecule has 1 saturated heterocycles. The average Bonchev–Trinajstić information content (AvgIpc) is 3.19. The molecule has 3 unspecified atom stereocenters. The number of unbranched alkanes of at least 4 members (excludes halogenated alkanes) is 2. The Labute approximate surface area is 167 Å². The summed E-state index contributed by atoms with van der Waals surface area (Å²) >= 11 is 0. The Balaban J connectivity index is 1.63. The lowest BCUT2D eigenvalue weighted by Gasteiger charge is -2.54. The van der Waals surface area contributed by atoms with Gasteiger partial charge in [0.25, 0.3) is 0 Å². The largest absolute Gasteiger partial charge is 0.454 e. The van der Waals surface area contributed by atoms with E-state index in [4.69, 9.17) is 9.47 Å². The van der Waals surface area contributed by atoms with Gasteiger partial charge in [-0.2, -0.15) is 0 Å². The van der Waals surface area contributed by atoms with Crippen molar-refractivity contribution in [2.45, 2.75) is 77.7 Å². The van der Waals surface area contributed by atoms with Crippen LogP contribution < -0.4 is 0 Å². The summed E-state index contributed by atoms with van der Waals surface area (Å²) in [5.74, 6) is 1.37. The summed E-state index contributed by atoms with van der Waals surface area (Å²) < 4.78 is 11.7. The fraction of sp³-hybridized carbons (Fsp3) is 0.667. The Kier molecular flexibility index (Phi) is 4.29. The lowest BCUT2D eigenvalue weighted by atomic mass is 9.46. The molecule has 5 atom stereocenters. The standard InChI is InChI=1S/C24H30O4/c1-3-5-7-18-16-10-9-15-14-11-12-24(21(15)20(16)23(26)27-18)17(13-14)22(25)28-19(24)8-6-4-2/h8,13-15,18,21H,3-7,9-12H2,1-2H3/b19-8-/t14?,15-,18?,21?,24-/m0/s1. The molecule has 2 bridgehead atoms. The Bertz CT molecular complexity index is 816. The second kappa shape index (κ2) is 6.60. The molecule has 0 N–H and O–H groups in total. The van der Waals surface area contributed by atoms with Crippen molar-refractivity contribution in [3.63, 3.8) is 0 Å². The fourth-order valence-corrected chi connectivity index (χ4v) is 6.63. The van der Waals surface area contributed by atoms with Crippen LogP contribution in [0.4, 0.5) is 0 Å². The number of cyclic esters (lactones) is 2. The molecule has 6 aliphatic rings. The van der Waals surface area contributed by atoms with Crippen LogP contribution in [0.5, 0.6) is 0 Å². The number of hydrogen-bond acceptors (Lipinski definition) is 4. The second-order valence-electron chi connectivity index (χ2n) is 9.16. The maximum absolute atomic E-state index is 13.1. The van der Waals surface area contributed by atoms with E-state index in [0.717, 1.165) is 74.7 Å². The highest BCUT2D eigenvalue weighted by atomic mass is 16.6. The first kappa shape index (κ1) is 18.2. The SMILES string of the molecule is CCC/C=C1\OC(=O)C2=CC3CC[C@]21C1C2=C(CC[C@@H]31)C(CCCC)OC2=O. The summed E-state index contributed by atoms with van der Waals surface area (Å²) in [7, 11) is 0. The van der Waals surface area contributed by atoms with Crippen molar-refractivity contribution in [1.82, 2.24) is 0 Å². The van der Waals surface area contributed by atoms with Gasteiger partial charge in [0.05, 0.1) is 5.41 Å². The molecule has 1 saturated carbocycles. The number of hydrogen-bond donors (Lipinski definition) is 0. The summed E-state index contributed by atoms with van der Waals surface area (Å²) in [6.07, 6.45) is 13.3. The topological polar surface area (TPSA) is 52.6 Å². The van der Waals surface area contributed by atoms with Crippen LogP contribution in [0.3, 0.4) is 0 Å². The van der Waals surface area contributed by atoms with E-state index < -0.39 is 5.41 Å². The summed E-state index contributed by atoms with van der Waals surface area (Å²) in [5.41, 5.74) is 2.54. The molecule has 0 amide bonds. The van der Waals surface area contributed by atoms with Gasteiger partial charge >= 0.3 is 11.9 Å². The van der Waals surface area contributed by atoms with Crippen LogP contribution in [-0.2, 0) is 19.1 Å². The zero-order valence-corrected chi connectivity index (χ0v) is 17.0. The van der Waals surface area contributed by atoms with Gasteiger partial charge in [0.15, 0.2) is 0 Å². The number of rotatable bonds is 5. The van der Waals surface area contributed by atoms with Crippen molar-refractivity contribution in [3.05, 3.63) is 34.6 Å². The maximum Gasteiger partial charge on any atom is 0.339 e.